The first-order valence-electron chi connectivity index (χ1n) is 12.6. The number of carboxylic acid groups (broad SMARTS) is 1. The molecule has 10 nitrogen and oxygen atoms in total. The first kappa shape index (κ1) is 28.5. The maximum atomic E-state index is 13.4. The van der Waals surface area contributed by atoms with Gasteiger partial charge in [-0.1, -0.05) is 73.5 Å². The molecule has 0 aromatic heterocycles. The van der Waals surface area contributed by atoms with Gasteiger partial charge in [-0.15, -0.1) is 0 Å². The molecular formula is C28H33N3O7. The number of carboxylic acids is 1. The number of benzene rings is 2. The van der Waals surface area contributed by atoms with Crippen molar-refractivity contribution in [1.82, 2.24) is 10.6 Å². The van der Waals surface area contributed by atoms with E-state index in [1.54, 1.807) is 54.6 Å². The van der Waals surface area contributed by atoms with Crippen molar-refractivity contribution in [2.45, 2.75) is 69.0 Å². The standard InChI is InChI=1S/C28H33N3O7/c29-28(15-7-8-16-28)27(37)38-26(36)22(18-20-11-5-2-6-12-20)31-25(35)21(17-19-9-3-1-4-10-19)30-23(32)13-14-24(33)34/h1-6,9-12,21-22H,7-8,13-18,29H2,(H,30,32)(H,31,35)(H,33,34)/t21-,22-/m0/s1. The minimum atomic E-state index is -1.23. The van der Waals surface area contributed by atoms with Gasteiger partial charge < -0.3 is 26.2 Å². The number of ether oxygens (including phenoxy) is 1. The van der Waals surface area contributed by atoms with Crippen molar-refractivity contribution in [1.29, 1.82) is 0 Å². The number of carbonyl (C=O) groups is 5. The molecule has 0 heterocycles. The molecule has 0 saturated heterocycles. The Morgan fingerprint density at radius 1 is 0.816 bits per heavy atom. The Labute approximate surface area is 220 Å². The highest BCUT2D eigenvalue weighted by Gasteiger charge is 2.41. The van der Waals surface area contributed by atoms with Gasteiger partial charge in [0, 0.05) is 19.3 Å². The molecule has 2 amide bonds. The number of nitrogens with two attached hydrogens (primary N) is 1. The molecule has 2 atom stereocenters. The van der Waals surface area contributed by atoms with Crippen molar-refractivity contribution in [3.05, 3.63) is 71.8 Å². The topological polar surface area (TPSA) is 165 Å². The van der Waals surface area contributed by atoms with Gasteiger partial charge in [0.1, 0.15) is 17.6 Å². The number of amides is 2. The molecule has 1 fully saturated rings. The molecule has 1 aliphatic carbocycles. The second-order valence-corrected chi connectivity index (χ2v) is 9.53. The maximum Gasteiger partial charge on any atom is 0.336 e. The lowest BCUT2D eigenvalue weighted by atomic mass is 9.99. The summed E-state index contributed by atoms with van der Waals surface area (Å²) in [4.78, 5) is 62.4. The van der Waals surface area contributed by atoms with Gasteiger partial charge in [0.05, 0.1) is 6.42 Å². The number of carbonyl (C=O) groups excluding carboxylic acids is 4. The van der Waals surface area contributed by atoms with Gasteiger partial charge in [-0.2, -0.15) is 0 Å². The number of esters is 2. The number of hydrogen-bond donors (Lipinski definition) is 4. The predicted molar refractivity (Wildman–Crippen MR) is 138 cm³/mol. The largest absolute Gasteiger partial charge is 0.481 e. The normalized spacial score (nSPS) is 15.6. The van der Waals surface area contributed by atoms with Crippen LogP contribution < -0.4 is 16.4 Å². The molecule has 3 rings (SSSR count). The smallest absolute Gasteiger partial charge is 0.336 e. The average Bonchev–Trinajstić information content (AvgIpc) is 3.35. The highest BCUT2D eigenvalue weighted by Crippen LogP contribution is 2.28. The summed E-state index contributed by atoms with van der Waals surface area (Å²) in [5.41, 5.74) is 6.37. The Morgan fingerprint density at radius 2 is 1.34 bits per heavy atom. The average molecular weight is 524 g/mol. The predicted octanol–water partition coefficient (Wildman–Crippen LogP) is 1.65. The molecule has 0 radical (unpaired) electrons. The molecule has 1 aliphatic rings. The molecule has 2 aromatic rings. The van der Waals surface area contributed by atoms with Crippen LogP contribution in [0.5, 0.6) is 0 Å². The number of nitrogens with one attached hydrogen (secondary N) is 2. The zero-order chi connectivity index (χ0) is 27.5. The van der Waals surface area contributed by atoms with Crippen LogP contribution in [0.15, 0.2) is 60.7 Å². The van der Waals surface area contributed by atoms with Crippen molar-refractivity contribution in [3.63, 3.8) is 0 Å². The summed E-state index contributed by atoms with van der Waals surface area (Å²) in [7, 11) is 0. The van der Waals surface area contributed by atoms with E-state index in [9.17, 15) is 24.0 Å². The van der Waals surface area contributed by atoms with Crippen LogP contribution in [0, 0.1) is 0 Å². The summed E-state index contributed by atoms with van der Waals surface area (Å²) in [6, 6.07) is 15.5. The zero-order valence-electron chi connectivity index (χ0n) is 21.1. The van der Waals surface area contributed by atoms with Crippen LogP contribution in [0.3, 0.4) is 0 Å². The van der Waals surface area contributed by atoms with Gasteiger partial charge in [0.15, 0.2) is 0 Å². The van der Waals surface area contributed by atoms with Gasteiger partial charge >= 0.3 is 17.9 Å². The number of aliphatic carboxylic acids is 1. The van der Waals surface area contributed by atoms with Gasteiger partial charge in [-0.25, -0.2) is 9.59 Å². The van der Waals surface area contributed by atoms with E-state index in [0.717, 1.165) is 24.0 Å². The quantitative estimate of drug-likeness (QED) is 0.241. The number of hydrogen-bond acceptors (Lipinski definition) is 7. The van der Waals surface area contributed by atoms with E-state index >= 15 is 0 Å². The van der Waals surface area contributed by atoms with Crippen molar-refractivity contribution in [2.75, 3.05) is 0 Å². The third kappa shape index (κ3) is 8.52. The molecule has 5 N–H and O–H groups in total. The lowest BCUT2D eigenvalue weighted by Crippen LogP contribution is -2.55. The molecule has 1 saturated carbocycles. The molecular weight excluding hydrogens is 490 g/mol. The summed E-state index contributed by atoms with van der Waals surface area (Å²) in [5.74, 6) is -4.20. The summed E-state index contributed by atoms with van der Waals surface area (Å²) in [6.07, 6.45) is 1.78. The van der Waals surface area contributed by atoms with Crippen LogP contribution in [0.2, 0.25) is 0 Å². The Balaban J connectivity index is 1.78. The SMILES string of the molecule is NC1(C(=O)OC(=O)[C@H](Cc2ccccc2)NC(=O)[C@H](Cc2ccccc2)NC(=O)CCC(=O)O)CCCC1. The zero-order valence-corrected chi connectivity index (χ0v) is 21.1. The second kappa shape index (κ2) is 13.5. The fraction of sp³-hybridized carbons (Fsp3) is 0.393. The van der Waals surface area contributed by atoms with Crippen LogP contribution >= 0.6 is 0 Å². The first-order chi connectivity index (χ1) is 18.2. The lowest BCUT2D eigenvalue weighted by Gasteiger charge is -2.25. The summed E-state index contributed by atoms with van der Waals surface area (Å²) in [6.45, 7) is 0. The van der Waals surface area contributed by atoms with Gasteiger partial charge in [0.25, 0.3) is 0 Å². The minimum Gasteiger partial charge on any atom is -0.481 e. The number of rotatable bonds is 12. The van der Waals surface area contributed by atoms with Gasteiger partial charge in [0.2, 0.25) is 11.8 Å². The second-order valence-electron chi connectivity index (χ2n) is 9.53. The Kier molecular flexibility index (Phi) is 10.1. The Morgan fingerprint density at radius 3 is 1.87 bits per heavy atom. The highest BCUT2D eigenvalue weighted by molar-refractivity contribution is 5.96. The van der Waals surface area contributed by atoms with Crippen LogP contribution in [0.25, 0.3) is 0 Å². The van der Waals surface area contributed by atoms with E-state index in [1.165, 1.54) is 0 Å². The van der Waals surface area contributed by atoms with E-state index in [1.807, 2.05) is 6.07 Å². The van der Waals surface area contributed by atoms with Gasteiger partial charge in [-0.3, -0.25) is 14.4 Å². The monoisotopic (exact) mass is 523 g/mol. The van der Waals surface area contributed by atoms with E-state index in [2.05, 4.69) is 10.6 Å². The van der Waals surface area contributed by atoms with Crippen LogP contribution in [0.1, 0.15) is 49.7 Å². The summed E-state index contributed by atoms with van der Waals surface area (Å²) >= 11 is 0. The van der Waals surface area contributed by atoms with E-state index in [4.69, 9.17) is 15.6 Å². The molecule has 38 heavy (non-hydrogen) atoms. The van der Waals surface area contributed by atoms with Crippen LogP contribution in [-0.2, 0) is 41.6 Å². The fourth-order valence-corrected chi connectivity index (χ4v) is 4.34. The Hall–Kier alpha value is -4.05. The summed E-state index contributed by atoms with van der Waals surface area (Å²) in [5, 5.41) is 14.1. The third-order valence-corrected chi connectivity index (χ3v) is 6.48. The first-order valence-corrected chi connectivity index (χ1v) is 12.6. The lowest BCUT2D eigenvalue weighted by molar-refractivity contribution is -0.165. The van der Waals surface area contributed by atoms with Crippen LogP contribution in [-0.4, -0.2) is 52.5 Å². The van der Waals surface area contributed by atoms with E-state index < -0.39 is 53.8 Å². The van der Waals surface area contributed by atoms with E-state index in [-0.39, 0.29) is 19.3 Å². The maximum absolute atomic E-state index is 13.4. The third-order valence-electron chi connectivity index (χ3n) is 6.48. The highest BCUT2D eigenvalue weighted by atomic mass is 16.6. The van der Waals surface area contributed by atoms with E-state index in [0.29, 0.717) is 12.8 Å². The van der Waals surface area contributed by atoms with Gasteiger partial charge in [-0.05, 0) is 24.0 Å². The molecule has 0 spiro atoms. The molecule has 2 aromatic carbocycles. The minimum absolute atomic E-state index is 0.0429. The van der Waals surface area contributed by atoms with Crippen LogP contribution in [0.4, 0.5) is 0 Å². The van der Waals surface area contributed by atoms with Crippen molar-refractivity contribution >= 4 is 29.7 Å². The van der Waals surface area contributed by atoms with Crippen molar-refractivity contribution in [3.8, 4) is 0 Å². The molecule has 202 valence electrons. The fourth-order valence-electron chi connectivity index (χ4n) is 4.34. The van der Waals surface area contributed by atoms with Crippen molar-refractivity contribution < 1.29 is 33.8 Å². The van der Waals surface area contributed by atoms with Crippen molar-refractivity contribution in [2.24, 2.45) is 5.73 Å². The summed E-state index contributed by atoms with van der Waals surface area (Å²) < 4.78 is 5.15. The molecule has 10 heteroatoms. The molecule has 0 bridgehead atoms. The molecule has 0 aliphatic heterocycles. The Bertz CT molecular complexity index is 1130. The molecule has 0 unspecified atom stereocenters.